The van der Waals surface area contributed by atoms with Crippen LogP contribution >= 0.6 is 11.8 Å². The minimum atomic E-state index is -1.36. The van der Waals surface area contributed by atoms with Crippen molar-refractivity contribution in [1.29, 1.82) is 0 Å². The molecule has 2 heterocycles. The molecule has 7 atom stereocenters. The summed E-state index contributed by atoms with van der Waals surface area (Å²) in [6.07, 6.45) is 14.2. The fourth-order valence-electron chi connectivity index (χ4n) is 10.5. The number of carbonyl (C=O) groups excluding carboxylic acids is 1. The Balaban J connectivity index is 1.33. The number of thioether (sulfide) groups is 1. The summed E-state index contributed by atoms with van der Waals surface area (Å²) < 4.78 is 27.3. The first kappa shape index (κ1) is 45.9. The number of nitrogens with zero attached hydrogens (tertiary/aromatic N) is 2. The van der Waals surface area contributed by atoms with Crippen LogP contribution in [0.3, 0.4) is 0 Å². The van der Waals surface area contributed by atoms with Gasteiger partial charge in [-0.05, 0) is 134 Å². The summed E-state index contributed by atoms with van der Waals surface area (Å²) in [4.78, 5) is 24.8. The molecule has 1 amide bonds. The Hall–Kier alpha value is -4.65. The fourth-order valence-corrected chi connectivity index (χ4v) is 10.9. The van der Waals surface area contributed by atoms with Gasteiger partial charge < -0.3 is 38.9 Å². The summed E-state index contributed by atoms with van der Waals surface area (Å²) in [6.45, 7) is 7.68. The Kier molecular flexibility index (Phi) is 15.5. The van der Waals surface area contributed by atoms with Gasteiger partial charge in [-0.2, -0.15) is 0 Å². The van der Waals surface area contributed by atoms with Crippen LogP contribution in [-0.2, 0) is 14.3 Å². The Morgan fingerprint density at radius 3 is 2.47 bits per heavy atom. The van der Waals surface area contributed by atoms with E-state index in [1.807, 2.05) is 65.6 Å². The molecular weight excluding hydrogens is 825 g/mol. The maximum atomic E-state index is 15.3. The zero-order valence-electron chi connectivity index (χ0n) is 37.4. The number of hydrogen-bond donors (Lipinski definition) is 2. The number of oxime groups is 1. The maximum absolute atomic E-state index is 15.3. The van der Waals surface area contributed by atoms with Crippen LogP contribution < -0.4 is 9.47 Å². The van der Waals surface area contributed by atoms with E-state index in [4.69, 9.17) is 28.9 Å². The number of allylic oxidation sites excluding steroid dienone is 1. The molecule has 2 N–H and O–H groups in total. The predicted molar refractivity (Wildman–Crippen MR) is 253 cm³/mol. The maximum Gasteiger partial charge on any atom is 0.254 e. The standard InChI is InChI=1S/C53H64N2O8S/c1-4-27-55(52(58)39-20-19-36-14-6-7-15-37(36)32-39)48-35-46(54-63-49-18-10-13-31-59-49)44-33-38(16-8-11-28-56)43(17-9-12-29-57)50-45-34-41(61-40-21-24-42(64-3)25-22-40)23-26-47(45)62-53(48,51(44)50)60-30-5-2/h5-7,14-15,19-26,32-34,38,43,48-51,56-57H,2,4,8-13,16-18,27-31,35H2,1,3H3/t38-,43+,48-,49?,50+,51+,53+/m0/s1. The number of carbonyl (C=O) groups is 1. The van der Waals surface area contributed by atoms with Gasteiger partial charge in [0.15, 0.2) is 0 Å². The molecule has 1 unspecified atom stereocenters. The van der Waals surface area contributed by atoms with Gasteiger partial charge in [-0.15, -0.1) is 18.3 Å². The first-order valence-electron chi connectivity index (χ1n) is 23.4. The number of aliphatic hydroxyl groups excluding tert-OH is 2. The van der Waals surface area contributed by atoms with Crippen molar-refractivity contribution in [3.05, 3.63) is 120 Å². The lowest BCUT2D eigenvalue weighted by molar-refractivity contribution is -0.254. The molecule has 0 bridgehead atoms. The molecule has 11 heteroatoms. The molecule has 1 saturated heterocycles. The second-order valence-corrected chi connectivity index (χ2v) is 18.4. The van der Waals surface area contributed by atoms with Crippen molar-refractivity contribution < 1.29 is 38.8 Å². The lowest BCUT2D eigenvalue weighted by Crippen LogP contribution is -2.70. The van der Waals surface area contributed by atoms with E-state index < -0.39 is 24.0 Å². The van der Waals surface area contributed by atoms with Crippen molar-refractivity contribution in [3.63, 3.8) is 0 Å². The molecule has 4 aliphatic rings. The first-order chi connectivity index (χ1) is 31.4. The van der Waals surface area contributed by atoms with E-state index in [-0.39, 0.29) is 43.5 Å². The van der Waals surface area contributed by atoms with Gasteiger partial charge in [0.2, 0.25) is 12.1 Å². The highest BCUT2D eigenvalue weighted by Crippen LogP contribution is 2.62. The van der Waals surface area contributed by atoms with Crippen LogP contribution in [0.25, 0.3) is 10.8 Å². The van der Waals surface area contributed by atoms with Gasteiger partial charge in [-0.3, -0.25) is 4.79 Å². The molecule has 340 valence electrons. The van der Waals surface area contributed by atoms with E-state index in [2.05, 4.69) is 50.1 Å². The number of aliphatic hydroxyl groups is 2. The zero-order chi connectivity index (χ0) is 44.5. The van der Waals surface area contributed by atoms with E-state index >= 15 is 4.79 Å². The van der Waals surface area contributed by atoms with E-state index in [1.165, 1.54) is 0 Å². The van der Waals surface area contributed by atoms with Crippen molar-refractivity contribution in [2.24, 2.45) is 22.9 Å². The average molecular weight is 889 g/mol. The Labute approximate surface area is 382 Å². The van der Waals surface area contributed by atoms with Gasteiger partial charge >= 0.3 is 0 Å². The molecule has 64 heavy (non-hydrogen) atoms. The van der Waals surface area contributed by atoms with E-state index in [0.29, 0.717) is 55.9 Å². The van der Waals surface area contributed by atoms with Gasteiger partial charge in [-0.1, -0.05) is 67.4 Å². The van der Waals surface area contributed by atoms with Crippen LogP contribution in [0.2, 0.25) is 0 Å². The third-order valence-corrected chi connectivity index (χ3v) is 14.2. The zero-order valence-corrected chi connectivity index (χ0v) is 38.2. The Morgan fingerprint density at radius 2 is 1.73 bits per heavy atom. The normalized spacial score (nSPS) is 25.4. The molecule has 0 spiro atoms. The van der Waals surface area contributed by atoms with Crippen LogP contribution in [0.1, 0.15) is 99.4 Å². The molecule has 10 nitrogen and oxygen atoms in total. The van der Waals surface area contributed by atoms with Crippen LogP contribution in [0.4, 0.5) is 0 Å². The molecule has 2 aliphatic carbocycles. The second-order valence-electron chi connectivity index (χ2n) is 17.5. The van der Waals surface area contributed by atoms with Crippen molar-refractivity contribution in [1.82, 2.24) is 4.90 Å². The summed E-state index contributed by atoms with van der Waals surface area (Å²) in [5.74, 6) is 0.232. The first-order valence-corrected chi connectivity index (χ1v) is 24.6. The monoisotopic (exact) mass is 888 g/mol. The van der Waals surface area contributed by atoms with Crippen LogP contribution in [-0.4, -0.2) is 84.1 Å². The molecule has 4 aromatic carbocycles. The largest absolute Gasteiger partial charge is 0.459 e. The van der Waals surface area contributed by atoms with E-state index in [9.17, 15) is 10.2 Å². The van der Waals surface area contributed by atoms with Gasteiger partial charge in [-0.25, -0.2) is 0 Å². The number of amides is 1. The Bertz CT molecular complexity index is 2270. The van der Waals surface area contributed by atoms with Gasteiger partial charge in [0.05, 0.1) is 24.8 Å². The minimum absolute atomic E-state index is 0.0860. The molecule has 0 radical (unpaired) electrons. The highest BCUT2D eigenvalue weighted by atomic mass is 32.2. The fraction of sp³-hybridized carbons (Fsp3) is 0.472. The summed E-state index contributed by atoms with van der Waals surface area (Å²) >= 11 is 1.69. The third-order valence-electron chi connectivity index (χ3n) is 13.5. The lowest BCUT2D eigenvalue weighted by atomic mass is 9.55. The molecule has 8 rings (SSSR count). The topological polar surface area (TPSA) is 119 Å². The van der Waals surface area contributed by atoms with Crippen molar-refractivity contribution in [2.45, 2.75) is 106 Å². The molecule has 2 aliphatic heterocycles. The number of ether oxygens (including phenoxy) is 4. The highest BCUT2D eigenvalue weighted by molar-refractivity contribution is 7.98. The quantitative estimate of drug-likeness (QED) is 0.0387. The lowest BCUT2D eigenvalue weighted by Gasteiger charge is -2.60. The molecule has 4 aromatic rings. The predicted octanol–water partition coefficient (Wildman–Crippen LogP) is 11.1. The smallest absolute Gasteiger partial charge is 0.254 e. The van der Waals surface area contributed by atoms with E-state index in [0.717, 1.165) is 83.2 Å². The summed E-state index contributed by atoms with van der Waals surface area (Å²) in [7, 11) is 0. The van der Waals surface area contributed by atoms with Gasteiger partial charge in [0.25, 0.3) is 5.91 Å². The van der Waals surface area contributed by atoms with Crippen LogP contribution in [0, 0.1) is 17.8 Å². The summed E-state index contributed by atoms with van der Waals surface area (Å²) in [5, 5.41) is 27.1. The van der Waals surface area contributed by atoms with Crippen molar-refractivity contribution >= 4 is 34.2 Å². The molecule has 1 saturated carbocycles. The second kappa shape index (κ2) is 21.6. The molecule has 0 aromatic heterocycles. The van der Waals surface area contributed by atoms with Gasteiger partial charge in [0, 0.05) is 54.5 Å². The van der Waals surface area contributed by atoms with Gasteiger partial charge in [0.1, 0.15) is 23.3 Å². The average Bonchev–Trinajstić information content (AvgIpc) is 3.33. The number of rotatable bonds is 20. The summed E-state index contributed by atoms with van der Waals surface area (Å²) in [6, 6.07) is 27.6. The highest BCUT2D eigenvalue weighted by Gasteiger charge is 2.65. The number of hydrogen-bond acceptors (Lipinski definition) is 10. The number of benzene rings is 4. The van der Waals surface area contributed by atoms with Crippen molar-refractivity contribution in [3.8, 4) is 17.2 Å². The Morgan fingerprint density at radius 1 is 0.953 bits per heavy atom. The van der Waals surface area contributed by atoms with E-state index in [1.54, 1.807) is 17.8 Å². The molecular formula is C53H64N2O8S. The molecule has 2 fully saturated rings. The number of unbranched alkanes of at least 4 members (excludes halogenated alkanes) is 2. The summed E-state index contributed by atoms with van der Waals surface area (Å²) in [5.41, 5.74) is 3.35. The van der Waals surface area contributed by atoms with Crippen LogP contribution in [0.15, 0.2) is 119 Å². The number of fused-ring (bicyclic) bond motifs is 3. The third kappa shape index (κ3) is 9.80. The SMILES string of the molecule is C=CCO[C@@]12Oc3ccc(Oc4ccc(SC)cc4)cc3[C@H]3[C@H](CCCCO)[C@@H](CCCCO)C=C(C(=NOC4CCCCO4)C[C@@H]1N(CCC)C(=O)c1ccc4ccccc4c1)[C@H]32. The minimum Gasteiger partial charge on any atom is -0.459 e. The van der Waals surface area contributed by atoms with Crippen molar-refractivity contribution in [2.75, 3.05) is 39.2 Å². The van der Waals surface area contributed by atoms with Crippen LogP contribution in [0.5, 0.6) is 17.2 Å².